The number of nitrogens with two attached hydrogens (primary N) is 1. The first-order valence-electron chi connectivity index (χ1n) is 11.5. The van der Waals surface area contributed by atoms with Gasteiger partial charge >= 0.3 is 6.03 Å². The third-order valence-electron chi connectivity index (χ3n) is 6.03. The van der Waals surface area contributed by atoms with Crippen LogP contribution < -0.4 is 16.0 Å². The molecule has 1 unspecified atom stereocenters. The van der Waals surface area contributed by atoms with E-state index in [0.717, 1.165) is 47.6 Å². The zero-order valence-corrected chi connectivity index (χ0v) is 19.1. The van der Waals surface area contributed by atoms with E-state index in [1.807, 2.05) is 57.2 Å². The van der Waals surface area contributed by atoms with Gasteiger partial charge in [-0.15, -0.1) is 0 Å². The molecule has 3 N–H and O–H groups in total. The molecule has 3 aromatic rings. The van der Waals surface area contributed by atoms with Gasteiger partial charge < -0.3 is 20.4 Å². The van der Waals surface area contributed by atoms with Gasteiger partial charge in [0.15, 0.2) is 0 Å². The van der Waals surface area contributed by atoms with Gasteiger partial charge in [-0.3, -0.25) is 4.90 Å². The van der Waals surface area contributed by atoms with Crippen LogP contribution in [0.15, 0.2) is 48.5 Å². The Morgan fingerprint density at radius 3 is 2.69 bits per heavy atom. The Labute approximate surface area is 189 Å². The topological polar surface area (TPSA) is 85.4 Å². The van der Waals surface area contributed by atoms with Gasteiger partial charge in [-0.2, -0.15) is 0 Å². The summed E-state index contributed by atoms with van der Waals surface area (Å²) in [4.78, 5) is 18.7. The molecule has 170 valence electrons. The summed E-state index contributed by atoms with van der Waals surface area (Å²) in [5, 5.41) is 3.60. The summed E-state index contributed by atoms with van der Waals surface area (Å²) in [5.41, 5.74) is 9.35. The van der Waals surface area contributed by atoms with Crippen LogP contribution in [-0.4, -0.2) is 40.8 Å². The summed E-state index contributed by atoms with van der Waals surface area (Å²) in [7, 11) is 0. The highest BCUT2D eigenvalue weighted by atomic mass is 16.5. The van der Waals surface area contributed by atoms with Crippen molar-refractivity contribution >= 4 is 22.8 Å². The molecule has 1 saturated heterocycles. The van der Waals surface area contributed by atoms with Crippen LogP contribution in [0.1, 0.15) is 51.1 Å². The molecule has 7 heteroatoms. The lowest BCUT2D eigenvalue weighted by Gasteiger charge is -2.24. The third-order valence-corrected chi connectivity index (χ3v) is 6.03. The summed E-state index contributed by atoms with van der Waals surface area (Å²) < 4.78 is 8.49. The maximum atomic E-state index is 12.1. The van der Waals surface area contributed by atoms with Gasteiger partial charge in [0, 0.05) is 30.9 Å². The van der Waals surface area contributed by atoms with Crippen molar-refractivity contribution in [2.75, 3.05) is 18.1 Å². The molecular formula is C25H33N5O2. The van der Waals surface area contributed by atoms with E-state index in [9.17, 15) is 4.79 Å². The number of rotatable bonds is 8. The molecule has 2 heterocycles. The van der Waals surface area contributed by atoms with Gasteiger partial charge in [0.05, 0.1) is 11.0 Å². The smallest absolute Gasteiger partial charge is 0.319 e. The lowest BCUT2D eigenvalue weighted by molar-refractivity contribution is 0.0825. The maximum absolute atomic E-state index is 12.1. The number of ether oxygens (including phenoxy) is 1. The van der Waals surface area contributed by atoms with E-state index in [0.29, 0.717) is 12.6 Å². The molecule has 0 aliphatic carbocycles. The number of hydrogen-bond donors (Lipinski definition) is 2. The minimum atomic E-state index is -0.467. The first-order chi connectivity index (χ1) is 15.5. The number of nitrogens with zero attached hydrogens (tertiary/aromatic N) is 3. The predicted octanol–water partition coefficient (Wildman–Crippen LogP) is 4.21. The number of amides is 2. The van der Waals surface area contributed by atoms with Crippen molar-refractivity contribution < 1.29 is 9.53 Å². The van der Waals surface area contributed by atoms with Gasteiger partial charge in [-0.1, -0.05) is 30.3 Å². The van der Waals surface area contributed by atoms with Crippen molar-refractivity contribution in [3.63, 3.8) is 0 Å². The molecule has 1 aliphatic rings. The highest BCUT2D eigenvalue weighted by Gasteiger charge is 2.26. The molecule has 0 spiro atoms. The molecule has 2 atom stereocenters. The van der Waals surface area contributed by atoms with Gasteiger partial charge in [-0.25, -0.2) is 9.78 Å². The van der Waals surface area contributed by atoms with Crippen molar-refractivity contribution in [3.8, 4) is 0 Å². The second kappa shape index (κ2) is 9.71. The molecule has 7 nitrogen and oxygen atoms in total. The molecular weight excluding hydrogens is 402 g/mol. The summed E-state index contributed by atoms with van der Waals surface area (Å²) in [5.74, 6) is 0.883. The Hall–Kier alpha value is -2.90. The SMILES string of the molecule is CCOC(c1ccccc1)c1nc2cc(N(C(N)=O)C(C)C)ccc2n1C[C@@H]1CCCN1. The van der Waals surface area contributed by atoms with Crippen LogP contribution in [0.3, 0.4) is 0 Å². The fraction of sp³-hybridized carbons (Fsp3) is 0.440. The van der Waals surface area contributed by atoms with Crippen LogP contribution in [0, 0.1) is 0 Å². The number of carbonyl (C=O) groups excluding carboxylic acids is 1. The molecule has 2 amide bonds. The summed E-state index contributed by atoms with van der Waals surface area (Å²) in [6, 6.07) is 16.1. The Balaban J connectivity index is 1.84. The quantitative estimate of drug-likeness (QED) is 0.555. The van der Waals surface area contributed by atoms with Gasteiger partial charge in [0.2, 0.25) is 0 Å². The van der Waals surface area contributed by atoms with Crippen molar-refractivity contribution in [2.24, 2.45) is 5.73 Å². The monoisotopic (exact) mass is 435 g/mol. The number of hydrogen-bond acceptors (Lipinski definition) is 4. The molecule has 1 aromatic heterocycles. The molecule has 4 rings (SSSR count). The second-order valence-electron chi connectivity index (χ2n) is 8.59. The lowest BCUT2D eigenvalue weighted by Crippen LogP contribution is -2.40. The lowest BCUT2D eigenvalue weighted by atomic mass is 10.1. The van der Waals surface area contributed by atoms with Crippen molar-refractivity contribution in [1.29, 1.82) is 0 Å². The van der Waals surface area contributed by atoms with Gasteiger partial charge in [0.25, 0.3) is 0 Å². The Morgan fingerprint density at radius 1 is 1.28 bits per heavy atom. The molecule has 1 aliphatic heterocycles. The fourth-order valence-corrected chi connectivity index (χ4v) is 4.61. The summed E-state index contributed by atoms with van der Waals surface area (Å²) >= 11 is 0. The molecule has 0 bridgehead atoms. The minimum absolute atomic E-state index is 0.0466. The number of aromatic nitrogens is 2. The molecule has 2 aromatic carbocycles. The maximum Gasteiger partial charge on any atom is 0.319 e. The van der Waals surface area contributed by atoms with E-state index in [1.54, 1.807) is 4.90 Å². The zero-order valence-electron chi connectivity index (χ0n) is 19.1. The Morgan fingerprint density at radius 2 is 2.06 bits per heavy atom. The standard InChI is InChI=1S/C25H33N5O2/c1-4-32-23(18-9-6-5-7-10-18)24-28-21-15-20(30(17(2)3)25(26)31)12-13-22(21)29(24)16-19-11-8-14-27-19/h5-7,9-10,12-13,15,17,19,23,27H,4,8,11,14,16H2,1-3H3,(H2,26,31)/t19-,23?/m0/s1. The molecule has 0 saturated carbocycles. The van der Waals surface area contributed by atoms with E-state index in [4.69, 9.17) is 15.5 Å². The van der Waals surface area contributed by atoms with E-state index < -0.39 is 6.03 Å². The first kappa shape index (κ1) is 22.3. The summed E-state index contributed by atoms with van der Waals surface area (Å²) in [6.07, 6.45) is 2.06. The highest BCUT2D eigenvalue weighted by molar-refractivity contribution is 5.93. The van der Waals surface area contributed by atoms with E-state index in [1.165, 1.54) is 6.42 Å². The minimum Gasteiger partial charge on any atom is -0.366 e. The average Bonchev–Trinajstić information content (AvgIpc) is 3.40. The average molecular weight is 436 g/mol. The van der Waals surface area contributed by atoms with E-state index in [-0.39, 0.29) is 12.1 Å². The van der Waals surface area contributed by atoms with Crippen LogP contribution in [0.2, 0.25) is 0 Å². The van der Waals surface area contributed by atoms with Gasteiger partial charge in [0.1, 0.15) is 11.9 Å². The Kier molecular flexibility index (Phi) is 6.77. The number of benzene rings is 2. The van der Waals surface area contributed by atoms with Crippen molar-refractivity contribution in [3.05, 3.63) is 59.9 Å². The third kappa shape index (κ3) is 4.49. The van der Waals surface area contributed by atoms with Crippen LogP contribution in [0.4, 0.5) is 10.5 Å². The van der Waals surface area contributed by atoms with Crippen molar-refractivity contribution in [2.45, 2.75) is 58.3 Å². The van der Waals surface area contributed by atoms with E-state index >= 15 is 0 Å². The normalized spacial score (nSPS) is 17.2. The number of fused-ring (bicyclic) bond motifs is 1. The number of imidazole rings is 1. The van der Waals surface area contributed by atoms with E-state index in [2.05, 4.69) is 22.0 Å². The van der Waals surface area contributed by atoms with Crippen LogP contribution >= 0.6 is 0 Å². The zero-order chi connectivity index (χ0) is 22.7. The number of urea groups is 1. The van der Waals surface area contributed by atoms with Gasteiger partial charge in [-0.05, 0) is 63.9 Å². The predicted molar refractivity (Wildman–Crippen MR) is 128 cm³/mol. The number of nitrogens with one attached hydrogen (secondary N) is 1. The number of anilines is 1. The fourth-order valence-electron chi connectivity index (χ4n) is 4.61. The first-order valence-corrected chi connectivity index (χ1v) is 11.5. The molecule has 32 heavy (non-hydrogen) atoms. The van der Waals surface area contributed by atoms with Crippen LogP contribution in [0.5, 0.6) is 0 Å². The largest absolute Gasteiger partial charge is 0.366 e. The van der Waals surface area contributed by atoms with Crippen LogP contribution in [-0.2, 0) is 11.3 Å². The van der Waals surface area contributed by atoms with Crippen LogP contribution in [0.25, 0.3) is 11.0 Å². The van der Waals surface area contributed by atoms with Crippen molar-refractivity contribution in [1.82, 2.24) is 14.9 Å². The number of carbonyl (C=O) groups is 1. The Bertz CT molecular complexity index is 1060. The molecule has 1 fully saturated rings. The molecule has 0 radical (unpaired) electrons. The highest BCUT2D eigenvalue weighted by Crippen LogP contribution is 2.32. The second-order valence-corrected chi connectivity index (χ2v) is 8.59. The number of primary amides is 1. The summed E-state index contributed by atoms with van der Waals surface area (Å²) in [6.45, 7) is 8.36.